The Kier molecular flexibility index (Phi) is 6.24. The first-order valence-electron chi connectivity index (χ1n) is 13.3. The molecule has 2 saturated carbocycles. The minimum Gasteiger partial charge on any atom is -0.444 e. The van der Waals surface area contributed by atoms with Crippen molar-refractivity contribution in [3.05, 3.63) is 40.5 Å². The molecule has 1 heterocycles. The molecule has 1 unspecified atom stereocenters. The molecule has 0 aromatic heterocycles. The highest BCUT2D eigenvalue weighted by molar-refractivity contribution is 5.85. The quantitative estimate of drug-likeness (QED) is 0.627. The van der Waals surface area contributed by atoms with Gasteiger partial charge in [0.25, 0.3) is 0 Å². The van der Waals surface area contributed by atoms with Crippen molar-refractivity contribution < 1.29 is 14.3 Å². The van der Waals surface area contributed by atoms with E-state index >= 15 is 0 Å². The number of nitrogens with one attached hydrogen (secondary N) is 1. The summed E-state index contributed by atoms with van der Waals surface area (Å²) in [6, 6.07) is 7.00. The zero-order valence-electron chi connectivity index (χ0n) is 21.3. The van der Waals surface area contributed by atoms with Crippen LogP contribution in [0.5, 0.6) is 0 Å². The van der Waals surface area contributed by atoms with Crippen LogP contribution < -0.4 is 5.32 Å². The molecule has 1 aliphatic heterocycles. The summed E-state index contributed by atoms with van der Waals surface area (Å²) < 4.78 is 5.36. The Hall–Kier alpha value is -2.30. The van der Waals surface area contributed by atoms with Gasteiger partial charge in [-0.2, -0.15) is 0 Å². The molecule has 0 saturated heterocycles. The Balaban J connectivity index is 1.20. The molecule has 4 aliphatic rings. The minimum atomic E-state index is -0.477. The van der Waals surface area contributed by atoms with Crippen LogP contribution in [0.4, 0.5) is 4.79 Å². The molecule has 2 fully saturated rings. The maximum absolute atomic E-state index is 13.8. The van der Waals surface area contributed by atoms with Gasteiger partial charge in [-0.05, 0) is 119 Å². The molecule has 184 valence electrons. The van der Waals surface area contributed by atoms with Gasteiger partial charge in [-0.15, -0.1) is 0 Å². The second-order valence-corrected chi connectivity index (χ2v) is 12.0. The third-order valence-corrected chi connectivity index (χ3v) is 8.21. The van der Waals surface area contributed by atoms with Crippen molar-refractivity contribution in [3.8, 4) is 0 Å². The lowest BCUT2D eigenvalue weighted by atomic mass is 9.80. The number of hydrogen-bond donors (Lipinski definition) is 1. The summed E-state index contributed by atoms with van der Waals surface area (Å²) in [5.74, 6) is 1.60. The highest BCUT2D eigenvalue weighted by atomic mass is 16.6. The van der Waals surface area contributed by atoms with E-state index in [1.165, 1.54) is 29.5 Å². The van der Waals surface area contributed by atoms with Gasteiger partial charge in [0.1, 0.15) is 5.60 Å². The molecule has 5 nitrogen and oxygen atoms in total. The third-order valence-electron chi connectivity index (χ3n) is 8.21. The average molecular weight is 465 g/mol. The number of ether oxygens (including phenoxy) is 1. The molecule has 34 heavy (non-hydrogen) atoms. The van der Waals surface area contributed by atoms with Crippen molar-refractivity contribution in [2.24, 2.45) is 17.8 Å². The summed E-state index contributed by atoms with van der Waals surface area (Å²) in [5, 5.41) is 2.92. The van der Waals surface area contributed by atoms with E-state index in [-0.39, 0.29) is 12.0 Å². The van der Waals surface area contributed by atoms with E-state index in [9.17, 15) is 9.59 Å². The predicted octanol–water partition coefficient (Wildman–Crippen LogP) is 5.65. The van der Waals surface area contributed by atoms with Crippen molar-refractivity contribution in [1.82, 2.24) is 10.2 Å². The van der Waals surface area contributed by atoms with E-state index in [2.05, 4.69) is 35.3 Å². The number of benzene rings is 1. The number of hydrogen-bond acceptors (Lipinski definition) is 3. The molecule has 0 bridgehead atoms. The number of carbonyl (C=O) groups is 2. The minimum absolute atomic E-state index is 0.131. The maximum Gasteiger partial charge on any atom is 0.407 e. The Labute approximate surface area is 204 Å². The molecule has 0 radical (unpaired) electrons. The van der Waals surface area contributed by atoms with Gasteiger partial charge in [0.15, 0.2) is 0 Å². The molecule has 2 amide bonds. The van der Waals surface area contributed by atoms with E-state index in [4.69, 9.17) is 4.74 Å². The van der Waals surface area contributed by atoms with Gasteiger partial charge in [-0.1, -0.05) is 18.2 Å². The first kappa shape index (κ1) is 23.4. The number of aryl methyl sites for hydroxylation is 1. The molecule has 1 atom stereocenters. The fourth-order valence-corrected chi connectivity index (χ4v) is 6.50. The summed E-state index contributed by atoms with van der Waals surface area (Å²) in [5.41, 5.74) is 6.94. The Morgan fingerprint density at radius 2 is 1.82 bits per heavy atom. The number of nitrogens with zero attached hydrogens (tertiary/aromatic N) is 1. The molecule has 1 aromatic rings. The Morgan fingerprint density at radius 3 is 2.50 bits per heavy atom. The van der Waals surface area contributed by atoms with Crippen LogP contribution in [0.1, 0.15) is 82.4 Å². The largest absolute Gasteiger partial charge is 0.444 e. The number of rotatable bonds is 4. The third kappa shape index (κ3) is 4.76. The van der Waals surface area contributed by atoms with Crippen molar-refractivity contribution in [2.45, 2.75) is 90.7 Å². The fourth-order valence-electron chi connectivity index (χ4n) is 6.50. The molecule has 3 aliphatic carbocycles. The van der Waals surface area contributed by atoms with Gasteiger partial charge in [0, 0.05) is 19.0 Å². The van der Waals surface area contributed by atoms with E-state index in [1.807, 2.05) is 20.8 Å². The lowest BCUT2D eigenvalue weighted by molar-refractivity contribution is -0.139. The van der Waals surface area contributed by atoms with Crippen LogP contribution in [-0.2, 0) is 16.0 Å². The molecular weight excluding hydrogens is 424 g/mol. The molecule has 1 aromatic carbocycles. The summed E-state index contributed by atoms with van der Waals surface area (Å²) in [6.45, 7) is 9.37. The summed E-state index contributed by atoms with van der Waals surface area (Å²) >= 11 is 0. The van der Waals surface area contributed by atoms with Gasteiger partial charge in [0.05, 0.1) is 6.04 Å². The monoisotopic (exact) mass is 464 g/mol. The van der Waals surface area contributed by atoms with Crippen LogP contribution >= 0.6 is 0 Å². The highest BCUT2D eigenvalue weighted by Crippen LogP contribution is 2.49. The van der Waals surface area contributed by atoms with Crippen LogP contribution in [0, 0.1) is 24.7 Å². The SMILES string of the molecule is Cc1cccc2c1C1=C(C2)C(C2CC2)N(C(=O)C2CCC(CNC(=O)OC(C)(C)C)CC2)CC1. The smallest absolute Gasteiger partial charge is 0.407 e. The topological polar surface area (TPSA) is 58.6 Å². The predicted molar refractivity (Wildman–Crippen MR) is 134 cm³/mol. The molecular formula is C29H40N2O3. The molecule has 1 N–H and O–H groups in total. The molecule has 5 heteroatoms. The lowest BCUT2D eigenvalue weighted by Gasteiger charge is -2.41. The van der Waals surface area contributed by atoms with Crippen molar-refractivity contribution in [3.63, 3.8) is 0 Å². The second kappa shape index (κ2) is 9.05. The second-order valence-electron chi connectivity index (χ2n) is 12.0. The van der Waals surface area contributed by atoms with Crippen molar-refractivity contribution in [1.29, 1.82) is 0 Å². The van der Waals surface area contributed by atoms with Crippen LogP contribution in [0.2, 0.25) is 0 Å². The van der Waals surface area contributed by atoms with Gasteiger partial charge >= 0.3 is 6.09 Å². The maximum atomic E-state index is 13.8. The lowest BCUT2D eigenvalue weighted by Crippen LogP contribution is -2.49. The normalized spacial score (nSPS) is 26.7. The molecule has 0 spiro atoms. The highest BCUT2D eigenvalue weighted by Gasteiger charge is 2.46. The number of amides is 2. The van der Waals surface area contributed by atoms with E-state index in [1.54, 1.807) is 11.1 Å². The van der Waals surface area contributed by atoms with Crippen LogP contribution in [0.15, 0.2) is 23.8 Å². The Bertz CT molecular complexity index is 993. The van der Waals surface area contributed by atoms with Crippen molar-refractivity contribution >= 4 is 17.6 Å². The number of alkyl carbamates (subject to hydrolysis) is 1. The average Bonchev–Trinajstić information content (AvgIpc) is 3.55. The van der Waals surface area contributed by atoms with Crippen molar-refractivity contribution in [2.75, 3.05) is 13.1 Å². The Morgan fingerprint density at radius 1 is 1.09 bits per heavy atom. The first-order valence-corrected chi connectivity index (χ1v) is 13.3. The fraction of sp³-hybridized carbons (Fsp3) is 0.655. The summed E-state index contributed by atoms with van der Waals surface area (Å²) in [7, 11) is 0. The van der Waals surface area contributed by atoms with Gasteiger partial charge in [-0.25, -0.2) is 4.79 Å². The van der Waals surface area contributed by atoms with E-state index in [0.717, 1.165) is 45.1 Å². The first-order chi connectivity index (χ1) is 16.2. The zero-order chi connectivity index (χ0) is 24.0. The van der Waals surface area contributed by atoms with Crippen LogP contribution in [0.25, 0.3) is 5.57 Å². The number of carbonyl (C=O) groups excluding carboxylic acids is 2. The van der Waals surface area contributed by atoms with Crippen LogP contribution in [0.3, 0.4) is 0 Å². The molecule has 5 rings (SSSR count). The van der Waals surface area contributed by atoms with Crippen LogP contribution in [-0.4, -0.2) is 41.6 Å². The van der Waals surface area contributed by atoms with Gasteiger partial charge < -0.3 is 15.0 Å². The summed E-state index contributed by atoms with van der Waals surface area (Å²) in [6.07, 6.45) is 8.03. The van der Waals surface area contributed by atoms with Gasteiger partial charge in [0.2, 0.25) is 5.91 Å². The zero-order valence-corrected chi connectivity index (χ0v) is 21.3. The van der Waals surface area contributed by atoms with E-state index < -0.39 is 5.60 Å². The van der Waals surface area contributed by atoms with E-state index in [0.29, 0.717) is 30.3 Å². The number of fused-ring (bicyclic) bond motifs is 2. The standard InChI is InChI=1S/C29H40N2O3/c1-18-6-5-7-22-16-24-23(25(18)22)14-15-31(26(24)20-12-13-20)27(32)21-10-8-19(9-11-21)17-30-28(33)34-29(2,3)4/h5-7,19-21,26H,8-17H2,1-4H3,(H,30,33). The summed E-state index contributed by atoms with van der Waals surface area (Å²) in [4.78, 5) is 28.0. The van der Waals surface area contributed by atoms with Gasteiger partial charge in [-0.3, -0.25) is 4.79 Å².